The van der Waals surface area contributed by atoms with Gasteiger partial charge in [-0.3, -0.25) is 9.59 Å². The van der Waals surface area contributed by atoms with E-state index in [1.807, 2.05) is 24.3 Å². The fourth-order valence-corrected chi connectivity index (χ4v) is 3.59. The normalized spacial score (nSPS) is 30.9. The summed E-state index contributed by atoms with van der Waals surface area (Å²) in [6.07, 6.45) is 2.43. The molecule has 2 fully saturated rings. The Morgan fingerprint density at radius 3 is 2.67 bits per heavy atom. The van der Waals surface area contributed by atoms with E-state index in [1.54, 1.807) is 6.20 Å². The summed E-state index contributed by atoms with van der Waals surface area (Å²) in [4.78, 5) is 24.3. The molecule has 6 heteroatoms. The van der Waals surface area contributed by atoms with E-state index in [1.165, 1.54) is 4.68 Å². The molecule has 4 atom stereocenters. The molecular formula is C15H14N2O4. The van der Waals surface area contributed by atoms with Crippen molar-refractivity contribution in [3.05, 3.63) is 30.5 Å². The highest BCUT2D eigenvalue weighted by atomic mass is 16.5. The Balaban J connectivity index is 1.75. The zero-order chi connectivity index (χ0) is 14.6. The number of aromatic nitrogens is 2. The Morgan fingerprint density at radius 2 is 1.90 bits per heavy atom. The molecule has 1 N–H and O–H groups in total. The third-order valence-corrected chi connectivity index (χ3v) is 4.53. The van der Waals surface area contributed by atoms with Crippen molar-refractivity contribution >= 4 is 22.8 Å². The Labute approximate surface area is 120 Å². The lowest BCUT2D eigenvalue weighted by molar-refractivity contribution is -0.144. The largest absolute Gasteiger partial charge is 0.481 e. The van der Waals surface area contributed by atoms with Gasteiger partial charge in [-0.15, -0.1) is 0 Å². The fraction of sp³-hybridized carbons (Fsp3) is 0.400. The number of aliphatic carboxylic acids is 1. The zero-order valence-electron chi connectivity index (χ0n) is 11.2. The molecule has 0 radical (unpaired) electrons. The van der Waals surface area contributed by atoms with E-state index in [9.17, 15) is 14.7 Å². The van der Waals surface area contributed by atoms with Crippen LogP contribution in [0.1, 0.15) is 17.6 Å². The molecule has 1 aromatic carbocycles. The summed E-state index contributed by atoms with van der Waals surface area (Å²) in [5.41, 5.74) is 0.703. The van der Waals surface area contributed by atoms with Gasteiger partial charge in [-0.2, -0.15) is 9.78 Å². The van der Waals surface area contributed by atoms with Crippen molar-refractivity contribution < 1.29 is 19.4 Å². The predicted octanol–water partition coefficient (Wildman–Crippen LogP) is 1.55. The Morgan fingerprint density at radius 1 is 1.19 bits per heavy atom. The molecular weight excluding hydrogens is 272 g/mol. The Bertz CT molecular complexity index is 738. The Kier molecular flexibility index (Phi) is 2.62. The highest BCUT2D eigenvalue weighted by Crippen LogP contribution is 2.44. The summed E-state index contributed by atoms with van der Waals surface area (Å²) < 4.78 is 6.97. The van der Waals surface area contributed by atoms with Crippen LogP contribution in [0.25, 0.3) is 10.9 Å². The van der Waals surface area contributed by atoms with Gasteiger partial charge in [0.2, 0.25) is 0 Å². The number of carbonyl (C=O) groups is 2. The highest BCUT2D eigenvalue weighted by molar-refractivity contribution is 5.94. The van der Waals surface area contributed by atoms with Gasteiger partial charge in [0.1, 0.15) is 0 Å². The molecule has 0 unspecified atom stereocenters. The van der Waals surface area contributed by atoms with Crippen LogP contribution < -0.4 is 0 Å². The second kappa shape index (κ2) is 4.39. The first-order valence-electron chi connectivity index (χ1n) is 7.02. The summed E-state index contributed by atoms with van der Waals surface area (Å²) >= 11 is 0. The van der Waals surface area contributed by atoms with Gasteiger partial charge < -0.3 is 9.84 Å². The number of carboxylic acids is 1. The second-order valence-corrected chi connectivity index (χ2v) is 5.63. The third kappa shape index (κ3) is 1.72. The van der Waals surface area contributed by atoms with Crippen LogP contribution in [0.2, 0.25) is 0 Å². The van der Waals surface area contributed by atoms with Crippen molar-refractivity contribution in [2.75, 3.05) is 0 Å². The maximum Gasteiger partial charge on any atom is 0.310 e. The van der Waals surface area contributed by atoms with Gasteiger partial charge in [0, 0.05) is 5.39 Å². The zero-order valence-corrected chi connectivity index (χ0v) is 11.2. The SMILES string of the molecule is O=C(O)[C@@H]1[C@H](C(=O)n2ncc3ccccc32)[C@H]2CC[C@@H]1O2. The molecule has 0 saturated carbocycles. The minimum absolute atomic E-state index is 0.282. The first-order valence-corrected chi connectivity index (χ1v) is 7.02. The maximum absolute atomic E-state index is 12.8. The molecule has 6 nitrogen and oxygen atoms in total. The summed E-state index contributed by atoms with van der Waals surface area (Å²) in [6.45, 7) is 0. The van der Waals surface area contributed by atoms with Crippen LogP contribution in [-0.4, -0.2) is 39.0 Å². The molecule has 2 aliphatic heterocycles. The van der Waals surface area contributed by atoms with Crippen LogP contribution in [-0.2, 0) is 9.53 Å². The number of nitrogens with zero attached hydrogens (tertiary/aromatic N) is 2. The van der Waals surface area contributed by atoms with Crippen LogP contribution in [0, 0.1) is 11.8 Å². The molecule has 2 saturated heterocycles. The molecule has 2 aliphatic rings. The van der Waals surface area contributed by atoms with Gasteiger partial charge in [-0.05, 0) is 18.9 Å². The monoisotopic (exact) mass is 286 g/mol. The van der Waals surface area contributed by atoms with Gasteiger partial charge in [-0.25, -0.2) is 0 Å². The summed E-state index contributed by atoms with van der Waals surface area (Å²) in [6, 6.07) is 7.39. The van der Waals surface area contributed by atoms with Crippen LogP contribution in [0.4, 0.5) is 0 Å². The molecule has 0 spiro atoms. The van der Waals surface area contributed by atoms with E-state index in [4.69, 9.17) is 4.74 Å². The lowest BCUT2D eigenvalue weighted by Crippen LogP contribution is -2.40. The fourth-order valence-electron chi connectivity index (χ4n) is 3.59. The standard InChI is InChI=1S/C15H14N2O4/c18-14(17-9-4-2-1-3-8(9)7-16-17)12-10-5-6-11(21-10)13(12)15(19)20/h1-4,7,10-13H,5-6H2,(H,19,20)/t10-,11+,12-,13+/m1/s1. The first kappa shape index (κ1) is 12.5. The molecule has 1 aromatic heterocycles. The van der Waals surface area contributed by atoms with Gasteiger partial charge in [0.25, 0.3) is 5.91 Å². The molecule has 108 valence electrons. The number of para-hydroxylation sites is 1. The van der Waals surface area contributed by atoms with Crippen molar-refractivity contribution in [1.82, 2.24) is 9.78 Å². The lowest BCUT2D eigenvalue weighted by Gasteiger charge is -2.23. The number of hydrogen-bond acceptors (Lipinski definition) is 4. The van der Waals surface area contributed by atoms with Crippen molar-refractivity contribution in [3.63, 3.8) is 0 Å². The van der Waals surface area contributed by atoms with Crippen molar-refractivity contribution in [1.29, 1.82) is 0 Å². The molecule has 4 rings (SSSR count). The third-order valence-electron chi connectivity index (χ3n) is 4.53. The van der Waals surface area contributed by atoms with E-state index >= 15 is 0 Å². The van der Waals surface area contributed by atoms with Crippen LogP contribution in [0.15, 0.2) is 30.5 Å². The minimum Gasteiger partial charge on any atom is -0.481 e. The quantitative estimate of drug-likeness (QED) is 0.906. The predicted molar refractivity (Wildman–Crippen MR) is 72.9 cm³/mol. The van der Waals surface area contributed by atoms with Gasteiger partial charge in [-0.1, -0.05) is 18.2 Å². The average molecular weight is 286 g/mol. The van der Waals surface area contributed by atoms with Crippen LogP contribution in [0.3, 0.4) is 0 Å². The molecule has 0 aliphatic carbocycles. The van der Waals surface area contributed by atoms with Crippen LogP contribution in [0.5, 0.6) is 0 Å². The topological polar surface area (TPSA) is 81.4 Å². The Hall–Kier alpha value is -2.21. The lowest BCUT2D eigenvalue weighted by atomic mass is 9.79. The van der Waals surface area contributed by atoms with Crippen molar-refractivity contribution in [2.24, 2.45) is 11.8 Å². The van der Waals surface area contributed by atoms with Gasteiger partial charge >= 0.3 is 5.97 Å². The number of carbonyl (C=O) groups excluding carboxylic acids is 1. The number of benzene rings is 1. The number of rotatable bonds is 2. The maximum atomic E-state index is 12.8. The summed E-state index contributed by atoms with van der Waals surface area (Å²) in [5.74, 6) is -2.66. The second-order valence-electron chi connectivity index (χ2n) is 5.63. The number of carboxylic acid groups (broad SMARTS) is 1. The minimum atomic E-state index is -0.961. The van der Waals surface area contributed by atoms with E-state index in [-0.39, 0.29) is 18.1 Å². The molecule has 3 heterocycles. The molecule has 0 amide bonds. The molecule has 2 aromatic rings. The number of hydrogen-bond donors (Lipinski definition) is 1. The highest BCUT2D eigenvalue weighted by Gasteiger charge is 2.56. The van der Waals surface area contributed by atoms with E-state index in [0.29, 0.717) is 11.9 Å². The van der Waals surface area contributed by atoms with E-state index in [2.05, 4.69) is 5.10 Å². The average Bonchev–Trinajstić information content (AvgIpc) is 3.19. The number of fused-ring (bicyclic) bond motifs is 3. The molecule has 2 bridgehead atoms. The number of ether oxygens (including phenoxy) is 1. The van der Waals surface area contributed by atoms with Crippen molar-refractivity contribution in [2.45, 2.75) is 25.0 Å². The van der Waals surface area contributed by atoms with Gasteiger partial charge in [0.05, 0.1) is 35.8 Å². The smallest absolute Gasteiger partial charge is 0.310 e. The van der Waals surface area contributed by atoms with Gasteiger partial charge in [0.15, 0.2) is 0 Å². The first-order chi connectivity index (χ1) is 10.2. The van der Waals surface area contributed by atoms with Crippen LogP contribution >= 0.6 is 0 Å². The van der Waals surface area contributed by atoms with Crippen molar-refractivity contribution in [3.8, 4) is 0 Å². The van der Waals surface area contributed by atoms with E-state index < -0.39 is 17.8 Å². The van der Waals surface area contributed by atoms with E-state index in [0.717, 1.165) is 11.8 Å². The molecule has 21 heavy (non-hydrogen) atoms. The summed E-state index contributed by atoms with van der Waals surface area (Å²) in [7, 11) is 0. The summed E-state index contributed by atoms with van der Waals surface area (Å²) in [5, 5.41) is 14.4.